The van der Waals surface area contributed by atoms with Gasteiger partial charge >= 0.3 is 0 Å². The molecule has 2 bridgehead atoms. The van der Waals surface area contributed by atoms with Crippen LogP contribution in [0.2, 0.25) is 0 Å². The van der Waals surface area contributed by atoms with Crippen molar-refractivity contribution in [1.29, 1.82) is 0 Å². The van der Waals surface area contributed by atoms with E-state index in [0.29, 0.717) is 35.1 Å². The fourth-order valence-corrected chi connectivity index (χ4v) is 4.95. The molecule has 0 spiro atoms. The number of fused-ring (bicyclic) bond motifs is 2. The molecule has 8 heteroatoms. The second kappa shape index (κ2) is 7.85. The van der Waals surface area contributed by atoms with Crippen LogP contribution in [0.15, 0.2) is 36.5 Å². The molecule has 0 radical (unpaired) electrons. The Bertz CT molecular complexity index is 1070. The number of hydrogen-bond acceptors (Lipinski definition) is 7. The summed E-state index contributed by atoms with van der Waals surface area (Å²) < 4.78 is 1.71. The van der Waals surface area contributed by atoms with Crippen LogP contribution in [0.25, 0.3) is 16.9 Å². The predicted octanol–water partition coefficient (Wildman–Crippen LogP) is 3.03. The summed E-state index contributed by atoms with van der Waals surface area (Å²) in [6.45, 7) is 1.89. The molecule has 0 saturated carbocycles. The van der Waals surface area contributed by atoms with Gasteiger partial charge in [0, 0.05) is 36.8 Å². The molecule has 5 rings (SSSR count). The molecule has 2 aliphatic rings. The van der Waals surface area contributed by atoms with Crippen molar-refractivity contribution in [1.82, 2.24) is 25.3 Å². The SMILES string of the molecule is Cc1c(N)cnn1-c1ccc(-c2ccc(N(C)[C@@H]3C[C@H]4CCC[C@@H](C3)N4)nn2)c(O)c1. The largest absolute Gasteiger partial charge is 0.507 e. The molecule has 162 valence electrons. The van der Waals surface area contributed by atoms with Gasteiger partial charge < -0.3 is 21.1 Å². The van der Waals surface area contributed by atoms with E-state index in [2.05, 4.69) is 32.6 Å². The molecule has 4 heterocycles. The summed E-state index contributed by atoms with van der Waals surface area (Å²) in [5, 5.41) is 27.5. The van der Waals surface area contributed by atoms with Gasteiger partial charge in [0.25, 0.3) is 0 Å². The van der Waals surface area contributed by atoms with Gasteiger partial charge in [0.15, 0.2) is 5.82 Å². The van der Waals surface area contributed by atoms with Crippen LogP contribution >= 0.6 is 0 Å². The van der Waals surface area contributed by atoms with E-state index in [4.69, 9.17) is 5.73 Å². The first kappa shape index (κ1) is 19.8. The molecule has 3 aromatic rings. The maximum Gasteiger partial charge on any atom is 0.151 e. The van der Waals surface area contributed by atoms with Crippen LogP contribution in [0.5, 0.6) is 5.75 Å². The maximum absolute atomic E-state index is 10.6. The number of benzene rings is 1. The number of aromatic hydroxyl groups is 1. The van der Waals surface area contributed by atoms with Crippen molar-refractivity contribution in [2.24, 2.45) is 0 Å². The minimum Gasteiger partial charge on any atom is -0.507 e. The number of nitrogens with zero attached hydrogens (tertiary/aromatic N) is 5. The standard InChI is InChI=1S/C23H29N7O/c1-14-20(24)13-25-30(14)17-6-7-19(22(31)12-17)21-8-9-23(28-27-21)29(2)18-10-15-4-3-5-16(11-18)26-15/h6-9,12-13,15-16,18,26,31H,3-5,10-11,24H2,1-2H3/t15-,16+,18-. The van der Waals surface area contributed by atoms with Crippen LogP contribution < -0.4 is 16.0 Å². The molecule has 2 fully saturated rings. The van der Waals surface area contributed by atoms with Gasteiger partial charge in [-0.25, -0.2) is 4.68 Å². The van der Waals surface area contributed by atoms with Crippen LogP contribution in [0, 0.1) is 6.92 Å². The lowest BCUT2D eigenvalue weighted by Gasteiger charge is -2.43. The first-order valence-corrected chi connectivity index (χ1v) is 11.0. The fraction of sp³-hybridized carbons (Fsp3) is 0.435. The van der Waals surface area contributed by atoms with E-state index in [1.54, 1.807) is 16.9 Å². The third kappa shape index (κ3) is 3.72. The highest BCUT2D eigenvalue weighted by atomic mass is 16.3. The number of aromatic nitrogens is 4. The second-order valence-corrected chi connectivity index (χ2v) is 8.80. The highest BCUT2D eigenvalue weighted by Gasteiger charge is 2.33. The van der Waals surface area contributed by atoms with E-state index in [0.717, 1.165) is 30.0 Å². The summed E-state index contributed by atoms with van der Waals surface area (Å²) in [4.78, 5) is 2.26. The van der Waals surface area contributed by atoms with Gasteiger partial charge in [0.05, 0.1) is 29.0 Å². The summed E-state index contributed by atoms with van der Waals surface area (Å²) in [5.74, 6) is 1.00. The molecule has 0 aliphatic carbocycles. The predicted molar refractivity (Wildman–Crippen MR) is 121 cm³/mol. The molecule has 4 N–H and O–H groups in total. The zero-order valence-electron chi connectivity index (χ0n) is 18.0. The number of nitrogen functional groups attached to an aromatic ring is 1. The minimum absolute atomic E-state index is 0.132. The number of nitrogens with two attached hydrogens (primary N) is 1. The molecule has 2 aliphatic heterocycles. The highest BCUT2D eigenvalue weighted by Crippen LogP contribution is 2.32. The number of piperidine rings is 2. The zero-order valence-corrected chi connectivity index (χ0v) is 18.0. The molecular weight excluding hydrogens is 390 g/mol. The lowest BCUT2D eigenvalue weighted by atomic mass is 9.83. The van der Waals surface area contributed by atoms with Gasteiger partial charge in [0.1, 0.15) is 5.75 Å². The topological polar surface area (TPSA) is 105 Å². The van der Waals surface area contributed by atoms with Crippen molar-refractivity contribution < 1.29 is 5.11 Å². The Hall–Kier alpha value is -3.13. The van der Waals surface area contributed by atoms with Crippen molar-refractivity contribution in [3.8, 4) is 22.7 Å². The average molecular weight is 420 g/mol. The normalized spacial score (nSPS) is 23.0. The number of phenols is 1. The summed E-state index contributed by atoms with van der Waals surface area (Å²) in [5.41, 5.74) is 9.36. The van der Waals surface area contributed by atoms with Crippen molar-refractivity contribution in [2.45, 2.75) is 57.2 Å². The Morgan fingerprint density at radius 2 is 1.90 bits per heavy atom. The number of anilines is 2. The van der Waals surface area contributed by atoms with E-state index >= 15 is 0 Å². The number of hydrogen-bond donors (Lipinski definition) is 3. The van der Waals surface area contributed by atoms with Gasteiger partial charge in [-0.15, -0.1) is 10.2 Å². The Morgan fingerprint density at radius 3 is 2.52 bits per heavy atom. The first-order chi connectivity index (χ1) is 15.0. The Kier molecular flexibility index (Phi) is 5.02. The molecule has 1 aromatic carbocycles. The van der Waals surface area contributed by atoms with Crippen molar-refractivity contribution in [3.05, 3.63) is 42.2 Å². The van der Waals surface area contributed by atoms with Crippen molar-refractivity contribution in [2.75, 3.05) is 17.7 Å². The molecule has 8 nitrogen and oxygen atoms in total. The molecule has 2 aromatic heterocycles. The lowest BCUT2D eigenvalue weighted by Crippen LogP contribution is -2.54. The second-order valence-electron chi connectivity index (χ2n) is 8.80. The summed E-state index contributed by atoms with van der Waals surface area (Å²) in [6, 6.07) is 11.0. The number of rotatable bonds is 4. The maximum atomic E-state index is 10.6. The van der Waals surface area contributed by atoms with E-state index in [9.17, 15) is 5.11 Å². The smallest absolute Gasteiger partial charge is 0.151 e. The third-order valence-corrected chi connectivity index (χ3v) is 6.80. The number of phenolic OH excluding ortho intramolecular Hbond substituents is 1. The molecule has 0 amide bonds. The van der Waals surface area contributed by atoms with Gasteiger partial charge in [-0.2, -0.15) is 5.10 Å². The Morgan fingerprint density at radius 1 is 1.13 bits per heavy atom. The molecule has 2 saturated heterocycles. The molecule has 31 heavy (non-hydrogen) atoms. The fourth-order valence-electron chi connectivity index (χ4n) is 4.95. The minimum atomic E-state index is 0.132. The van der Waals surface area contributed by atoms with Gasteiger partial charge in [-0.05, 0) is 56.9 Å². The van der Waals surface area contributed by atoms with Gasteiger partial charge in [-0.1, -0.05) is 6.42 Å². The molecule has 3 atom stereocenters. The van der Waals surface area contributed by atoms with Crippen LogP contribution in [0.1, 0.15) is 37.8 Å². The Labute approximate surface area is 182 Å². The summed E-state index contributed by atoms with van der Waals surface area (Å²) >= 11 is 0. The van der Waals surface area contributed by atoms with E-state index in [1.165, 1.54) is 19.3 Å². The van der Waals surface area contributed by atoms with E-state index < -0.39 is 0 Å². The molecule has 0 unspecified atom stereocenters. The summed E-state index contributed by atoms with van der Waals surface area (Å²) in [6.07, 6.45) is 7.78. The quantitative estimate of drug-likeness (QED) is 0.597. The zero-order chi connectivity index (χ0) is 21.5. The highest BCUT2D eigenvalue weighted by molar-refractivity contribution is 5.69. The Balaban J connectivity index is 1.34. The average Bonchev–Trinajstić information content (AvgIpc) is 3.11. The third-order valence-electron chi connectivity index (χ3n) is 6.80. The van der Waals surface area contributed by atoms with Crippen molar-refractivity contribution in [3.63, 3.8) is 0 Å². The van der Waals surface area contributed by atoms with Crippen LogP contribution in [0.3, 0.4) is 0 Å². The van der Waals surface area contributed by atoms with Crippen LogP contribution in [0.4, 0.5) is 11.5 Å². The van der Waals surface area contributed by atoms with Gasteiger partial charge in [0.2, 0.25) is 0 Å². The lowest BCUT2D eigenvalue weighted by molar-refractivity contribution is 0.219. The first-order valence-electron chi connectivity index (χ1n) is 11.0. The van der Waals surface area contributed by atoms with E-state index in [-0.39, 0.29) is 5.75 Å². The molecular formula is C23H29N7O. The monoisotopic (exact) mass is 419 g/mol. The number of nitrogens with one attached hydrogen (secondary N) is 1. The van der Waals surface area contributed by atoms with Crippen molar-refractivity contribution >= 4 is 11.5 Å². The van der Waals surface area contributed by atoms with Gasteiger partial charge in [-0.3, -0.25) is 0 Å². The summed E-state index contributed by atoms with van der Waals surface area (Å²) in [7, 11) is 2.11. The van der Waals surface area contributed by atoms with Crippen LogP contribution in [-0.4, -0.2) is 50.3 Å². The van der Waals surface area contributed by atoms with E-state index in [1.807, 2.05) is 31.2 Å². The van der Waals surface area contributed by atoms with Crippen LogP contribution in [-0.2, 0) is 0 Å².